The lowest BCUT2D eigenvalue weighted by Crippen LogP contribution is -2.43. The molecule has 1 aliphatic heterocycles. The zero-order valence-electron chi connectivity index (χ0n) is 17.7. The SMILES string of the molecule is Cc1cccc([C@@H]2c3cccn3CCN2C(=O)CC(=O)Nc2ccc(C)c(C)c2)c1. The first kappa shape index (κ1) is 20.0. The molecule has 30 heavy (non-hydrogen) atoms. The predicted octanol–water partition coefficient (Wildman–Crippen LogP) is 4.37. The quantitative estimate of drug-likeness (QED) is 0.660. The molecule has 0 saturated carbocycles. The summed E-state index contributed by atoms with van der Waals surface area (Å²) in [6.45, 7) is 7.40. The number of carbonyl (C=O) groups is 2. The molecule has 2 aromatic carbocycles. The van der Waals surface area contributed by atoms with Gasteiger partial charge in [0, 0.05) is 30.7 Å². The summed E-state index contributed by atoms with van der Waals surface area (Å²) in [5.41, 5.74) is 6.29. The first-order chi connectivity index (χ1) is 14.4. The zero-order valence-corrected chi connectivity index (χ0v) is 17.7. The van der Waals surface area contributed by atoms with Gasteiger partial charge in [0.1, 0.15) is 6.42 Å². The van der Waals surface area contributed by atoms with Gasteiger partial charge in [0.15, 0.2) is 0 Å². The van der Waals surface area contributed by atoms with E-state index in [9.17, 15) is 9.59 Å². The fraction of sp³-hybridized carbons (Fsp3) is 0.280. The van der Waals surface area contributed by atoms with E-state index in [0.717, 1.165) is 34.6 Å². The summed E-state index contributed by atoms with van der Waals surface area (Å²) in [6.07, 6.45) is 1.88. The van der Waals surface area contributed by atoms with Crippen molar-refractivity contribution in [1.29, 1.82) is 0 Å². The number of benzene rings is 2. The third kappa shape index (κ3) is 4.01. The Morgan fingerprint density at radius 3 is 2.57 bits per heavy atom. The standard InChI is InChI=1S/C25H27N3O2/c1-17-6-4-7-20(14-17)25-22-8-5-11-27(22)12-13-28(25)24(30)16-23(29)26-21-10-9-18(2)19(3)15-21/h4-11,14-15,25H,12-13,16H2,1-3H3,(H,26,29)/t25-/m1/s1. The van der Waals surface area contributed by atoms with Crippen LogP contribution in [0.2, 0.25) is 0 Å². The van der Waals surface area contributed by atoms with Crippen molar-refractivity contribution in [3.05, 3.63) is 88.7 Å². The second-order valence-electron chi connectivity index (χ2n) is 8.05. The molecule has 2 heterocycles. The van der Waals surface area contributed by atoms with Crippen LogP contribution in [-0.2, 0) is 16.1 Å². The van der Waals surface area contributed by atoms with Crippen LogP contribution >= 0.6 is 0 Å². The first-order valence-corrected chi connectivity index (χ1v) is 10.3. The topological polar surface area (TPSA) is 54.3 Å². The Kier molecular flexibility index (Phi) is 5.44. The molecule has 1 aromatic heterocycles. The molecular formula is C25H27N3O2. The van der Waals surface area contributed by atoms with Gasteiger partial charge in [-0.25, -0.2) is 0 Å². The van der Waals surface area contributed by atoms with Crippen LogP contribution in [0.1, 0.15) is 40.4 Å². The molecule has 5 nitrogen and oxygen atoms in total. The third-order valence-corrected chi connectivity index (χ3v) is 5.82. The number of fused-ring (bicyclic) bond motifs is 1. The molecule has 0 fully saturated rings. The monoisotopic (exact) mass is 401 g/mol. The summed E-state index contributed by atoms with van der Waals surface area (Å²) >= 11 is 0. The van der Waals surface area contributed by atoms with Gasteiger partial charge in [-0.2, -0.15) is 0 Å². The lowest BCUT2D eigenvalue weighted by Gasteiger charge is -2.37. The number of anilines is 1. The van der Waals surface area contributed by atoms with E-state index in [2.05, 4.69) is 41.1 Å². The predicted molar refractivity (Wildman–Crippen MR) is 118 cm³/mol. The van der Waals surface area contributed by atoms with Crippen LogP contribution in [0.5, 0.6) is 0 Å². The summed E-state index contributed by atoms with van der Waals surface area (Å²) in [5.74, 6) is -0.442. The second kappa shape index (κ2) is 8.19. The Morgan fingerprint density at radius 2 is 1.80 bits per heavy atom. The van der Waals surface area contributed by atoms with Crippen molar-refractivity contribution in [3.63, 3.8) is 0 Å². The van der Waals surface area contributed by atoms with Crippen molar-refractivity contribution in [2.75, 3.05) is 11.9 Å². The summed E-state index contributed by atoms with van der Waals surface area (Å²) in [5, 5.41) is 2.87. The summed E-state index contributed by atoms with van der Waals surface area (Å²) in [4.78, 5) is 27.6. The van der Waals surface area contributed by atoms with Gasteiger partial charge in [0.05, 0.1) is 6.04 Å². The molecule has 1 atom stereocenters. The maximum Gasteiger partial charge on any atom is 0.233 e. The number of nitrogens with zero attached hydrogens (tertiary/aromatic N) is 2. The van der Waals surface area contributed by atoms with Crippen molar-refractivity contribution >= 4 is 17.5 Å². The van der Waals surface area contributed by atoms with E-state index >= 15 is 0 Å². The van der Waals surface area contributed by atoms with Gasteiger partial charge in [-0.3, -0.25) is 9.59 Å². The Labute approximate surface area is 177 Å². The van der Waals surface area contributed by atoms with E-state index in [1.54, 1.807) is 0 Å². The average Bonchev–Trinajstić information content (AvgIpc) is 3.18. The minimum Gasteiger partial charge on any atom is -0.348 e. The van der Waals surface area contributed by atoms with Crippen molar-refractivity contribution in [1.82, 2.24) is 9.47 Å². The highest BCUT2D eigenvalue weighted by atomic mass is 16.2. The van der Waals surface area contributed by atoms with Gasteiger partial charge in [0.2, 0.25) is 11.8 Å². The summed E-state index contributed by atoms with van der Waals surface area (Å²) in [6, 6.07) is 17.9. The Bertz CT molecular complexity index is 1100. The normalized spacial score (nSPS) is 15.6. The van der Waals surface area contributed by atoms with Crippen LogP contribution in [0, 0.1) is 20.8 Å². The third-order valence-electron chi connectivity index (χ3n) is 5.82. The number of nitrogens with one attached hydrogen (secondary N) is 1. The van der Waals surface area contributed by atoms with Gasteiger partial charge in [0.25, 0.3) is 0 Å². The lowest BCUT2D eigenvalue weighted by atomic mass is 9.98. The summed E-state index contributed by atoms with van der Waals surface area (Å²) < 4.78 is 2.19. The van der Waals surface area contributed by atoms with E-state index in [1.807, 2.05) is 55.3 Å². The van der Waals surface area contributed by atoms with E-state index in [0.29, 0.717) is 6.54 Å². The first-order valence-electron chi connectivity index (χ1n) is 10.3. The average molecular weight is 402 g/mol. The van der Waals surface area contributed by atoms with Crippen LogP contribution in [0.4, 0.5) is 5.69 Å². The minimum absolute atomic E-state index is 0.157. The van der Waals surface area contributed by atoms with Gasteiger partial charge >= 0.3 is 0 Å². The highest BCUT2D eigenvalue weighted by molar-refractivity contribution is 6.03. The molecule has 0 unspecified atom stereocenters. The fourth-order valence-corrected chi connectivity index (χ4v) is 4.11. The maximum atomic E-state index is 13.2. The van der Waals surface area contributed by atoms with Crippen LogP contribution in [0.3, 0.4) is 0 Å². The molecule has 0 aliphatic carbocycles. The maximum absolute atomic E-state index is 13.2. The smallest absolute Gasteiger partial charge is 0.233 e. The van der Waals surface area contributed by atoms with E-state index in [1.165, 1.54) is 5.56 Å². The lowest BCUT2D eigenvalue weighted by molar-refractivity contribution is -0.136. The number of aryl methyl sites for hydroxylation is 3. The molecule has 3 aromatic rings. The van der Waals surface area contributed by atoms with E-state index in [4.69, 9.17) is 0 Å². The molecular weight excluding hydrogens is 374 g/mol. The van der Waals surface area contributed by atoms with Crippen molar-refractivity contribution in [2.24, 2.45) is 0 Å². The van der Waals surface area contributed by atoms with Crippen LogP contribution in [0.25, 0.3) is 0 Å². The minimum atomic E-state index is -0.285. The molecule has 1 N–H and O–H groups in total. The zero-order chi connectivity index (χ0) is 21.3. The number of rotatable bonds is 4. The molecule has 154 valence electrons. The molecule has 2 amide bonds. The van der Waals surface area contributed by atoms with Gasteiger partial charge in [-0.05, 0) is 61.7 Å². The molecule has 4 rings (SSSR count). The highest BCUT2D eigenvalue weighted by Crippen LogP contribution is 2.33. The second-order valence-corrected chi connectivity index (χ2v) is 8.05. The Morgan fingerprint density at radius 1 is 0.967 bits per heavy atom. The highest BCUT2D eigenvalue weighted by Gasteiger charge is 2.32. The molecule has 0 radical (unpaired) electrons. The van der Waals surface area contributed by atoms with Crippen LogP contribution < -0.4 is 5.32 Å². The largest absolute Gasteiger partial charge is 0.348 e. The number of aromatic nitrogens is 1. The number of hydrogen-bond donors (Lipinski definition) is 1. The van der Waals surface area contributed by atoms with Gasteiger partial charge in [-0.15, -0.1) is 0 Å². The van der Waals surface area contributed by atoms with Gasteiger partial charge < -0.3 is 14.8 Å². The molecule has 0 bridgehead atoms. The van der Waals surface area contributed by atoms with Crippen LogP contribution in [-0.4, -0.2) is 27.8 Å². The van der Waals surface area contributed by atoms with E-state index in [-0.39, 0.29) is 24.3 Å². The molecule has 5 heteroatoms. The fourth-order valence-electron chi connectivity index (χ4n) is 4.11. The summed E-state index contributed by atoms with van der Waals surface area (Å²) in [7, 11) is 0. The Balaban J connectivity index is 1.54. The number of carbonyl (C=O) groups excluding carboxylic acids is 2. The van der Waals surface area contributed by atoms with E-state index < -0.39 is 0 Å². The van der Waals surface area contributed by atoms with Gasteiger partial charge in [-0.1, -0.05) is 35.9 Å². The number of amides is 2. The molecule has 0 saturated heterocycles. The van der Waals surface area contributed by atoms with Crippen LogP contribution in [0.15, 0.2) is 60.8 Å². The Hall–Kier alpha value is -3.34. The molecule has 1 aliphatic rings. The van der Waals surface area contributed by atoms with Crippen molar-refractivity contribution in [3.8, 4) is 0 Å². The number of hydrogen-bond acceptors (Lipinski definition) is 2. The van der Waals surface area contributed by atoms with Crippen molar-refractivity contribution < 1.29 is 9.59 Å². The molecule has 0 spiro atoms. The van der Waals surface area contributed by atoms with Crippen molar-refractivity contribution in [2.45, 2.75) is 39.8 Å².